The Labute approximate surface area is 150 Å². The Morgan fingerprint density at radius 1 is 1.31 bits per heavy atom. The Kier molecular flexibility index (Phi) is 3.37. The molecule has 2 aromatic rings. The zero-order valence-corrected chi connectivity index (χ0v) is 14.1. The van der Waals surface area contributed by atoms with Gasteiger partial charge in [0.25, 0.3) is 11.7 Å². The molecule has 0 atom stereocenters. The van der Waals surface area contributed by atoms with E-state index in [1.807, 2.05) is 35.5 Å². The van der Waals surface area contributed by atoms with Gasteiger partial charge in [-0.15, -0.1) is 0 Å². The van der Waals surface area contributed by atoms with Crippen LogP contribution in [0.4, 0.5) is 11.5 Å². The molecule has 0 bridgehead atoms. The van der Waals surface area contributed by atoms with Crippen molar-refractivity contribution in [1.29, 1.82) is 5.26 Å². The van der Waals surface area contributed by atoms with Crippen LogP contribution in [-0.2, 0) is 0 Å². The Morgan fingerprint density at radius 2 is 2.23 bits per heavy atom. The molecule has 1 aromatic carbocycles. The smallest absolute Gasteiger partial charge is 0.284 e. The van der Waals surface area contributed by atoms with Crippen LogP contribution in [0.3, 0.4) is 0 Å². The van der Waals surface area contributed by atoms with E-state index >= 15 is 0 Å². The summed E-state index contributed by atoms with van der Waals surface area (Å²) in [6.07, 6.45) is 8.22. The molecule has 5 rings (SSSR count). The summed E-state index contributed by atoms with van der Waals surface area (Å²) in [6, 6.07) is 11.8. The summed E-state index contributed by atoms with van der Waals surface area (Å²) in [6.45, 7) is 0.640. The van der Waals surface area contributed by atoms with E-state index in [9.17, 15) is 0 Å². The zero-order chi connectivity index (χ0) is 17.5. The number of rotatable bonds is 4. The SMILES string of the molecule is N#Cc1cccc(N2C=C(Nc3cc(C4CC4)[nH]n3)[N+]3C=CN=C3C2)c1. The molecule has 0 spiro atoms. The molecule has 1 fully saturated rings. The lowest BCUT2D eigenvalue weighted by Crippen LogP contribution is -2.45. The highest BCUT2D eigenvalue weighted by Crippen LogP contribution is 2.39. The number of hydrogen-bond acceptors (Lipinski definition) is 6. The van der Waals surface area contributed by atoms with E-state index in [2.05, 4.69) is 37.5 Å². The first-order valence-electron chi connectivity index (χ1n) is 8.64. The minimum atomic E-state index is 0.632. The van der Waals surface area contributed by atoms with Crippen molar-refractivity contribution in [3.63, 3.8) is 0 Å². The first-order valence-corrected chi connectivity index (χ1v) is 8.64. The molecule has 0 saturated heterocycles. The van der Waals surface area contributed by atoms with Gasteiger partial charge in [0.2, 0.25) is 0 Å². The second-order valence-corrected chi connectivity index (χ2v) is 6.63. The summed E-state index contributed by atoms with van der Waals surface area (Å²) >= 11 is 0. The normalized spacial score (nSPS) is 19.0. The van der Waals surface area contributed by atoms with Gasteiger partial charge < -0.3 is 4.90 Å². The highest BCUT2D eigenvalue weighted by Gasteiger charge is 2.37. The summed E-state index contributed by atoms with van der Waals surface area (Å²) in [4.78, 5) is 8.56. The van der Waals surface area contributed by atoms with E-state index in [1.54, 1.807) is 12.3 Å². The first kappa shape index (κ1) is 14.9. The molecular formula is C19H17N7+. The van der Waals surface area contributed by atoms with Crippen LogP contribution < -0.4 is 15.1 Å². The molecule has 1 aliphatic carbocycles. The Bertz CT molecular complexity index is 987. The lowest BCUT2D eigenvalue weighted by molar-refractivity contribution is 0.814. The molecule has 1 radical (unpaired) electrons. The van der Waals surface area contributed by atoms with Gasteiger partial charge in [0.05, 0.1) is 24.0 Å². The third-order valence-corrected chi connectivity index (χ3v) is 4.74. The quantitative estimate of drug-likeness (QED) is 0.836. The monoisotopic (exact) mass is 343 g/mol. The summed E-state index contributed by atoms with van der Waals surface area (Å²) in [5.41, 5.74) is 2.78. The fourth-order valence-corrected chi connectivity index (χ4v) is 3.23. The maximum atomic E-state index is 9.16. The minimum Gasteiger partial charge on any atom is -0.329 e. The van der Waals surface area contributed by atoms with Gasteiger partial charge in [0, 0.05) is 23.4 Å². The van der Waals surface area contributed by atoms with E-state index in [4.69, 9.17) is 5.26 Å². The number of aromatic nitrogens is 2. The van der Waals surface area contributed by atoms with Crippen LogP contribution in [0.25, 0.3) is 0 Å². The van der Waals surface area contributed by atoms with Crippen LogP contribution in [0.15, 0.2) is 59.7 Å². The molecule has 2 aliphatic heterocycles. The Balaban J connectivity index is 1.46. The highest BCUT2D eigenvalue weighted by atomic mass is 15.4. The van der Waals surface area contributed by atoms with Gasteiger partial charge in [-0.2, -0.15) is 15.4 Å². The number of nitrogens with zero attached hydrogens (tertiary/aromatic N) is 5. The lowest BCUT2D eigenvalue weighted by atomic mass is 10.2. The predicted octanol–water partition coefficient (Wildman–Crippen LogP) is 2.91. The van der Waals surface area contributed by atoms with E-state index in [1.165, 1.54) is 18.5 Å². The van der Waals surface area contributed by atoms with Crippen molar-refractivity contribution in [3.8, 4) is 6.07 Å². The van der Waals surface area contributed by atoms with Crippen LogP contribution >= 0.6 is 0 Å². The molecule has 7 heteroatoms. The number of nitriles is 1. The van der Waals surface area contributed by atoms with Gasteiger partial charge in [0.1, 0.15) is 6.54 Å². The Morgan fingerprint density at radius 3 is 3.08 bits per heavy atom. The average molecular weight is 343 g/mol. The third-order valence-electron chi connectivity index (χ3n) is 4.74. The molecule has 26 heavy (non-hydrogen) atoms. The predicted molar refractivity (Wildman–Crippen MR) is 99.5 cm³/mol. The molecule has 1 aromatic heterocycles. The number of aliphatic imine (C=N–C) groups is 1. The van der Waals surface area contributed by atoms with Crippen LogP contribution in [0, 0.1) is 11.3 Å². The van der Waals surface area contributed by atoms with Crippen molar-refractivity contribution in [1.82, 2.24) is 15.1 Å². The van der Waals surface area contributed by atoms with Gasteiger partial charge in [-0.1, -0.05) is 6.07 Å². The van der Waals surface area contributed by atoms with E-state index in [0.29, 0.717) is 18.0 Å². The number of anilines is 2. The maximum Gasteiger partial charge on any atom is 0.284 e. The van der Waals surface area contributed by atoms with Crippen LogP contribution in [0.2, 0.25) is 0 Å². The molecule has 3 heterocycles. The van der Waals surface area contributed by atoms with Crippen molar-refractivity contribution < 1.29 is 0 Å². The molecule has 1 saturated carbocycles. The summed E-state index contributed by atoms with van der Waals surface area (Å²) in [7, 11) is 0. The van der Waals surface area contributed by atoms with Crippen molar-refractivity contribution >= 4 is 17.3 Å². The van der Waals surface area contributed by atoms with Crippen molar-refractivity contribution in [3.05, 3.63) is 66.0 Å². The van der Waals surface area contributed by atoms with Gasteiger partial charge in [-0.25, -0.2) is 0 Å². The highest BCUT2D eigenvalue weighted by molar-refractivity contribution is 5.96. The number of benzene rings is 1. The van der Waals surface area contributed by atoms with E-state index < -0.39 is 0 Å². The van der Waals surface area contributed by atoms with E-state index in [0.717, 1.165) is 23.2 Å². The zero-order valence-electron chi connectivity index (χ0n) is 14.1. The number of H-pyrrole nitrogens is 1. The second-order valence-electron chi connectivity index (χ2n) is 6.63. The number of hydrogen-bond donors (Lipinski definition) is 2. The molecular weight excluding hydrogens is 326 g/mol. The second kappa shape index (κ2) is 5.86. The number of nitrogens with one attached hydrogen (secondary N) is 2. The largest absolute Gasteiger partial charge is 0.329 e. The summed E-state index contributed by atoms with van der Waals surface area (Å²) < 4.78 is 0. The molecule has 7 nitrogen and oxygen atoms in total. The third kappa shape index (κ3) is 2.66. The van der Waals surface area contributed by atoms with Gasteiger partial charge in [0.15, 0.2) is 12.0 Å². The van der Waals surface area contributed by atoms with E-state index in [-0.39, 0.29) is 0 Å². The summed E-state index contributed by atoms with van der Waals surface area (Å²) in [5.74, 6) is 3.23. The van der Waals surface area contributed by atoms with Gasteiger partial charge >= 0.3 is 0 Å². The molecule has 0 amide bonds. The number of amidine groups is 1. The maximum absolute atomic E-state index is 9.16. The first-order chi connectivity index (χ1) is 12.8. The fourth-order valence-electron chi connectivity index (χ4n) is 3.23. The van der Waals surface area contributed by atoms with Crippen LogP contribution in [-0.4, -0.2) is 22.6 Å². The fraction of sp³-hybridized carbons (Fsp3) is 0.211. The molecule has 3 aliphatic rings. The average Bonchev–Trinajstić information content (AvgIpc) is 3.23. The van der Waals surface area contributed by atoms with Crippen LogP contribution in [0.1, 0.15) is 30.0 Å². The molecule has 127 valence electrons. The standard InChI is InChI=1S/C19H17N7/c20-10-13-2-1-3-15(8-13)25-11-18-21-6-7-26(18)19(12-25)22-17-9-16(23-24-17)14-4-5-14/h1-3,6-9,12,14H,4-5,11H2,(H2,22,23,24)/q+1. The van der Waals surface area contributed by atoms with Crippen molar-refractivity contribution in [2.75, 3.05) is 16.8 Å². The van der Waals surface area contributed by atoms with Crippen LogP contribution in [0.5, 0.6) is 0 Å². The van der Waals surface area contributed by atoms with Gasteiger partial charge in [-0.05, 0) is 35.9 Å². The van der Waals surface area contributed by atoms with Gasteiger partial charge in [-0.3, -0.25) is 10.4 Å². The number of fused-ring (bicyclic) bond motifs is 1. The Hall–Kier alpha value is -3.37. The lowest BCUT2D eigenvalue weighted by Gasteiger charge is -2.25. The minimum absolute atomic E-state index is 0.632. The van der Waals surface area contributed by atoms with Crippen molar-refractivity contribution in [2.24, 2.45) is 4.99 Å². The number of aromatic amines is 1. The summed E-state index contributed by atoms with van der Waals surface area (Å²) in [5, 5.41) is 20.0. The molecule has 2 N–H and O–H groups in total. The van der Waals surface area contributed by atoms with Crippen molar-refractivity contribution in [2.45, 2.75) is 18.8 Å². The molecule has 0 unspecified atom stereocenters. The topological polar surface area (TPSA) is 86.0 Å².